The minimum atomic E-state index is -3.42. The van der Waals surface area contributed by atoms with Crippen molar-refractivity contribution in [2.45, 2.75) is 38.2 Å². The third-order valence-corrected chi connectivity index (χ3v) is 3.50. The van der Waals surface area contributed by atoms with Gasteiger partial charge in [-0.1, -0.05) is 0 Å². The molecule has 0 bridgehead atoms. The summed E-state index contributed by atoms with van der Waals surface area (Å²) in [4.78, 5) is 11.4. The summed E-state index contributed by atoms with van der Waals surface area (Å²) in [5.74, 6) is -0.158. The lowest BCUT2D eigenvalue weighted by Gasteiger charge is -2.09. The number of rotatable bonds is 7. The van der Waals surface area contributed by atoms with Crippen molar-refractivity contribution in [3.8, 4) is 0 Å². The number of nitrogens with two attached hydrogens (primary N) is 1. The van der Waals surface area contributed by atoms with E-state index in [1.54, 1.807) is 0 Å². The molecule has 6 nitrogen and oxygen atoms in total. The molecule has 1 unspecified atom stereocenters. The number of hydrogen-bond donors (Lipinski definition) is 2. The molecule has 0 spiro atoms. The van der Waals surface area contributed by atoms with Crippen LogP contribution in [0.4, 0.5) is 0 Å². The van der Waals surface area contributed by atoms with Crippen molar-refractivity contribution in [3.63, 3.8) is 0 Å². The molecule has 1 atom stereocenters. The number of ether oxygens (including phenoxy) is 1. The Kier molecular flexibility index (Phi) is 5.87. The maximum Gasteiger partial charge on any atom is 0.220 e. The molecule has 1 saturated heterocycles. The number of carbonyl (C=O) groups excluding carboxylic acids is 1. The summed E-state index contributed by atoms with van der Waals surface area (Å²) in [6.45, 7) is 1.14. The van der Waals surface area contributed by atoms with Gasteiger partial charge in [0.05, 0.1) is 11.9 Å². The fraction of sp³-hybridized carbons (Fsp3) is 0.900. The van der Waals surface area contributed by atoms with Crippen LogP contribution in [0, 0.1) is 0 Å². The average Bonchev–Trinajstić information content (AvgIpc) is 2.73. The minimum absolute atomic E-state index is 0.0603. The monoisotopic (exact) mass is 264 g/mol. The first-order chi connectivity index (χ1) is 7.97. The van der Waals surface area contributed by atoms with Gasteiger partial charge >= 0.3 is 0 Å². The van der Waals surface area contributed by atoms with Crippen LogP contribution in [0.25, 0.3) is 0 Å². The lowest BCUT2D eigenvalue weighted by molar-refractivity contribution is -0.121. The first kappa shape index (κ1) is 14.4. The molecular weight excluding hydrogens is 244 g/mol. The van der Waals surface area contributed by atoms with E-state index in [-0.39, 0.29) is 17.8 Å². The van der Waals surface area contributed by atoms with E-state index in [1.165, 1.54) is 0 Å². The van der Waals surface area contributed by atoms with Gasteiger partial charge in [-0.15, -0.1) is 0 Å². The molecular formula is C10H20N2O4S. The molecule has 0 saturated carbocycles. The Labute approximate surface area is 102 Å². The SMILES string of the molecule is NS(=O)(=O)CCCNC(=O)CCC1CCCO1. The van der Waals surface area contributed by atoms with Crippen LogP contribution in [0.5, 0.6) is 0 Å². The van der Waals surface area contributed by atoms with E-state index in [0.29, 0.717) is 19.4 Å². The first-order valence-electron chi connectivity index (χ1n) is 5.86. The summed E-state index contributed by atoms with van der Waals surface area (Å²) in [6.07, 6.45) is 3.83. The molecule has 1 aliphatic heterocycles. The van der Waals surface area contributed by atoms with Crippen molar-refractivity contribution < 1.29 is 17.9 Å². The van der Waals surface area contributed by atoms with E-state index in [2.05, 4.69) is 5.32 Å². The van der Waals surface area contributed by atoms with Gasteiger partial charge in [0.1, 0.15) is 0 Å². The Bertz CT molecular complexity index is 336. The Morgan fingerprint density at radius 1 is 1.47 bits per heavy atom. The fourth-order valence-electron chi connectivity index (χ4n) is 1.75. The number of sulfonamides is 1. The van der Waals surface area contributed by atoms with E-state index in [4.69, 9.17) is 9.88 Å². The molecule has 17 heavy (non-hydrogen) atoms. The molecule has 3 N–H and O–H groups in total. The highest BCUT2D eigenvalue weighted by Gasteiger charge is 2.16. The van der Waals surface area contributed by atoms with Crippen LogP contribution in [0.15, 0.2) is 0 Å². The molecule has 1 aliphatic rings. The smallest absolute Gasteiger partial charge is 0.220 e. The van der Waals surface area contributed by atoms with Crippen LogP contribution in [-0.4, -0.2) is 39.3 Å². The summed E-state index contributed by atoms with van der Waals surface area (Å²) in [7, 11) is -3.42. The molecule has 1 rings (SSSR count). The maximum atomic E-state index is 11.4. The van der Waals surface area contributed by atoms with Crippen LogP contribution in [-0.2, 0) is 19.6 Å². The van der Waals surface area contributed by atoms with Crippen molar-refractivity contribution in [3.05, 3.63) is 0 Å². The normalized spacial score (nSPS) is 20.4. The Morgan fingerprint density at radius 2 is 2.24 bits per heavy atom. The molecule has 0 aromatic heterocycles. The van der Waals surface area contributed by atoms with Gasteiger partial charge in [-0.3, -0.25) is 4.79 Å². The predicted octanol–water partition coefficient (Wildman–Crippen LogP) is -0.260. The Balaban J connectivity index is 2.01. The second-order valence-electron chi connectivity index (χ2n) is 4.24. The average molecular weight is 264 g/mol. The highest BCUT2D eigenvalue weighted by molar-refractivity contribution is 7.89. The maximum absolute atomic E-state index is 11.4. The van der Waals surface area contributed by atoms with Crippen molar-refractivity contribution >= 4 is 15.9 Å². The molecule has 7 heteroatoms. The number of nitrogens with one attached hydrogen (secondary N) is 1. The molecule has 1 amide bonds. The van der Waals surface area contributed by atoms with Crippen molar-refractivity contribution in [2.75, 3.05) is 18.9 Å². The largest absolute Gasteiger partial charge is 0.378 e. The zero-order valence-electron chi connectivity index (χ0n) is 9.85. The van der Waals surface area contributed by atoms with Gasteiger partial charge in [-0.2, -0.15) is 0 Å². The topological polar surface area (TPSA) is 98.5 Å². The summed E-state index contributed by atoms with van der Waals surface area (Å²) in [6, 6.07) is 0. The molecule has 0 aromatic rings. The second-order valence-corrected chi connectivity index (χ2v) is 5.98. The number of hydrogen-bond acceptors (Lipinski definition) is 4. The summed E-state index contributed by atoms with van der Waals surface area (Å²) in [5, 5.41) is 7.50. The molecule has 1 fully saturated rings. The van der Waals surface area contributed by atoms with E-state index in [1.807, 2.05) is 0 Å². The van der Waals surface area contributed by atoms with E-state index in [0.717, 1.165) is 25.9 Å². The number of primary sulfonamides is 1. The molecule has 0 radical (unpaired) electrons. The van der Waals surface area contributed by atoms with Crippen LogP contribution >= 0.6 is 0 Å². The van der Waals surface area contributed by atoms with Gasteiger partial charge in [0.25, 0.3) is 0 Å². The van der Waals surface area contributed by atoms with E-state index < -0.39 is 10.0 Å². The van der Waals surface area contributed by atoms with Gasteiger partial charge < -0.3 is 10.1 Å². The second kappa shape index (κ2) is 6.93. The molecule has 0 aliphatic carbocycles. The minimum Gasteiger partial charge on any atom is -0.378 e. The standard InChI is InChI=1S/C10H20N2O4S/c11-17(14,15)8-2-6-12-10(13)5-4-9-3-1-7-16-9/h9H,1-8H2,(H,12,13)(H2,11,14,15). The first-order valence-corrected chi connectivity index (χ1v) is 7.58. The zero-order chi connectivity index (χ0) is 12.7. The Morgan fingerprint density at radius 3 is 2.82 bits per heavy atom. The van der Waals surface area contributed by atoms with Gasteiger partial charge in [-0.05, 0) is 25.7 Å². The predicted molar refractivity (Wildman–Crippen MR) is 63.8 cm³/mol. The van der Waals surface area contributed by atoms with Gasteiger partial charge in [0.2, 0.25) is 15.9 Å². The highest BCUT2D eigenvalue weighted by Crippen LogP contribution is 2.16. The third kappa shape index (κ3) is 7.30. The van der Waals surface area contributed by atoms with Crippen LogP contribution in [0.1, 0.15) is 32.1 Å². The quantitative estimate of drug-likeness (QED) is 0.619. The molecule has 100 valence electrons. The number of amides is 1. The summed E-state index contributed by atoms with van der Waals surface area (Å²) >= 11 is 0. The highest BCUT2D eigenvalue weighted by atomic mass is 32.2. The van der Waals surface area contributed by atoms with E-state index >= 15 is 0 Å². The fourth-order valence-corrected chi connectivity index (χ4v) is 2.30. The van der Waals surface area contributed by atoms with Crippen LogP contribution in [0.3, 0.4) is 0 Å². The van der Waals surface area contributed by atoms with Crippen molar-refractivity contribution in [2.24, 2.45) is 5.14 Å². The van der Waals surface area contributed by atoms with Crippen LogP contribution < -0.4 is 10.5 Å². The summed E-state index contributed by atoms with van der Waals surface area (Å²) < 4.78 is 26.6. The third-order valence-electron chi connectivity index (χ3n) is 2.65. The van der Waals surface area contributed by atoms with E-state index in [9.17, 15) is 13.2 Å². The lowest BCUT2D eigenvalue weighted by Crippen LogP contribution is -2.27. The van der Waals surface area contributed by atoms with Crippen LogP contribution in [0.2, 0.25) is 0 Å². The van der Waals surface area contributed by atoms with Crippen molar-refractivity contribution in [1.29, 1.82) is 0 Å². The molecule has 1 heterocycles. The van der Waals surface area contributed by atoms with Gasteiger partial charge in [0.15, 0.2) is 0 Å². The van der Waals surface area contributed by atoms with Crippen molar-refractivity contribution in [1.82, 2.24) is 5.32 Å². The lowest BCUT2D eigenvalue weighted by atomic mass is 10.1. The van der Waals surface area contributed by atoms with Gasteiger partial charge in [-0.25, -0.2) is 13.6 Å². The summed E-state index contributed by atoms with van der Waals surface area (Å²) in [5.41, 5.74) is 0. The number of carbonyl (C=O) groups is 1. The molecule has 0 aromatic carbocycles. The zero-order valence-corrected chi connectivity index (χ0v) is 10.7. The Hall–Kier alpha value is -0.660. The van der Waals surface area contributed by atoms with Gasteiger partial charge in [0, 0.05) is 19.6 Å².